The lowest BCUT2D eigenvalue weighted by Gasteiger charge is -2.38. The molecule has 0 spiro atoms. The van der Waals surface area contributed by atoms with Gasteiger partial charge in [0.15, 0.2) is 0 Å². The molecule has 6 nitrogen and oxygen atoms in total. The third-order valence-corrected chi connectivity index (χ3v) is 14.2. The Hall–Kier alpha value is 0.300. The summed E-state index contributed by atoms with van der Waals surface area (Å²) in [5.74, 6) is 0. The molecule has 0 rings (SSSR count). The second kappa shape index (κ2) is 21.1. The summed E-state index contributed by atoms with van der Waals surface area (Å²) in [4.78, 5) is 0. The molecule has 0 heterocycles. The molecule has 230 valence electrons. The van der Waals surface area contributed by atoms with E-state index >= 15 is 0 Å². The second-order valence-corrected chi connectivity index (χ2v) is 18.3. The van der Waals surface area contributed by atoms with Crippen LogP contribution in [0, 0.1) is 0 Å². The van der Waals surface area contributed by atoms with Gasteiger partial charge in [-0.1, -0.05) is 96.8 Å². The topological polar surface area (TPSA) is 72.8 Å². The van der Waals surface area contributed by atoms with Crippen LogP contribution in [0.3, 0.4) is 0 Å². The van der Waals surface area contributed by atoms with E-state index in [0.717, 1.165) is 17.6 Å². The maximum absolute atomic E-state index is 13.4. The van der Waals surface area contributed by atoms with Gasteiger partial charge in [-0.2, -0.15) is 0 Å². The highest BCUT2D eigenvalue weighted by Crippen LogP contribution is 2.74. The Kier molecular flexibility index (Phi) is 21.2. The predicted octanol–water partition coefficient (Wildman–Crippen LogP) is 9.64. The van der Waals surface area contributed by atoms with Gasteiger partial charge in [0.05, 0.1) is 40.4 Å². The quantitative estimate of drug-likeness (QED) is 0.0593. The van der Waals surface area contributed by atoms with E-state index in [4.69, 9.17) is 9.05 Å². The first-order chi connectivity index (χ1) is 17.9. The smallest absolute Gasteiger partial charge is 0.369 e. The zero-order valence-electron chi connectivity index (χ0n) is 26.5. The normalized spacial score (nSPS) is 14.6. The van der Waals surface area contributed by atoms with Crippen molar-refractivity contribution in [2.75, 3.05) is 53.7 Å². The van der Waals surface area contributed by atoms with Gasteiger partial charge in [0.2, 0.25) is 5.08 Å². The van der Waals surface area contributed by atoms with E-state index in [-0.39, 0.29) is 19.6 Å². The maximum Gasteiger partial charge on any atom is 0.369 e. The molecular formula is C30H66NO5P2+. The Morgan fingerprint density at radius 3 is 1.29 bits per heavy atom. The third kappa shape index (κ3) is 15.9. The van der Waals surface area contributed by atoms with E-state index in [1.54, 1.807) is 13.8 Å². The molecule has 1 atom stereocenters. The molecule has 38 heavy (non-hydrogen) atoms. The minimum Gasteiger partial charge on any atom is -0.371 e. The van der Waals surface area contributed by atoms with Crippen molar-refractivity contribution >= 4 is 14.7 Å². The molecule has 1 N–H and O–H groups in total. The van der Waals surface area contributed by atoms with Crippen LogP contribution >= 0.6 is 14.7 Å². The number of aliphatic hydroxyl groups is 1. The van der Waals surface area contributed by atoms with Crippen molar-refractivity contribution in [3.05, 3.63) is 0 Å². The molecule has 0 aromatic heterocycles. The Balaban J connectivity index is 4.10. The van der Waals surface area contributed by atoms with Crippen LogP contribution in [-0.2, 0) is 18.2 Å². The van der Waals surface area contributed by atoms with Crippen LogP contribution in [0.25, 0.3) is 0 Å². The largest absolute Gasteiger partial charge is 0.371 e. The molecule has 0 aliphatic carbocycles. The Morgan fingerprint density at radius 2 is 0.947 bits per heavy atom. The monoisotopic (exact) mass is 582 g/mol. The van der Waals surface area contributed by atoms with Crippen molar-refractivity contribution in [2.45, 2.75) is 141 Å². The first kappa shape index (κ1) is 38.3. The molecule has 0 saturated carbocycles. The predicted molar refractivity (Wildman–Crippen MR) is 166 cm³/mol. The first-order valence-electron chi connectivity index (χ1n) is 15.9. The number of hydrogen-bond acceptors (Lipinski definition) is 5. The van der Waals surface area contributed by atoms with Crippen LogP contribution in [-0.4, -0.2) is 68.4 Å². The number of rotatable bonds is 27. The lowest BCUT2D eigenvalue weighted by atomic mass is 10.0. The Labute approximate surface area is 237 Å². The highest BCUT2D eigenvalue weighted by molar-refractivity contribution is 7.78. The molecule has 0 aromatic carbocycles. The summed E-state index contributed by atoms with van der Waals surface area (Å²) in [6.45, 7) is 10.8. The summed E-state index contributed by atoms with van der Waals surface area (Å²) in [6.07, 6.45) is 22.7. The van der Waals surface area contributed by atoms with Crippen molar-refractivity contribution < 1.29 is 27.8 Å². The van der Waals surface area contributed by atoms with Crippen LogP contribution in [0.4, 0.5) is 0 Å². The molecule has 1 unspecified atom stereocenters. The van der Waals surface area contributed by atoms with Gasteiger partial charge < -0.3 is 23.2 Å². The van der Waals surface area contributed by atoms with E-state index in [1.807, 2.05) is 0 Å². The minimum absolute atomic E-state index is 0.139. The average molecular weight is 583 g/mol. The van der Waals surface area contributed by atoms with Gasteiger partial charge in [0, 0.05) is 12.8 Å². The molecule has 0 bridgehead atoms. The lowest BCUT2D eigenvalue weighted by molar-refractivity contribution is -0.890. The zero-order chi connectivity index (χ0) is 29.0. The molecular weight excluding hydrogens is 516 g/mol. The number of hydrogen-bond donors (Lipinski definition) is 1. The number of quaternary nitrogens is 1. The van der Waals surface area contributed by atoms with Crippen molar-refractivity contribution in [3.63, 3.8) is 0 Å². The fourth-order valence-corrected chi connectivity index (χ4v) is 10.2. The summed E-state index contributed by atoms with van der Waals surface area (Å²) >= 11 is 0. The summed E-state index contributed by atoms with van der Waals surface area (Å²) < 4.78 is 38.1. The van der Waals surface area contributed by atoms with Crippen LogP contribution < -0.4 is 0 Å². The molecule has 0 radical (unpaired) electrons. The van der Waals surface area contributed by atoms with Crippen LogP contribution in [0.5, 0.6) is 0 Å². The summed E-state index contributed by atoms with van der Waals surface area (Å²) in [5, 5.41) is 9.42. The van der Waals surface area contributed by atoms with Gasteiger partial charge in [0.1, 0.15) is 7.14 Å². The fourth-order valence-electron chi connectivity index (χ4n) is 5.23. The van der Waals surface area contributed by atoms with Gasteiger partial charge in [-0.3, -0.25) is 4.57 Å². The highest BCUT2D eigenvalue weighted by Gasteiger charge is 2.57. The third-order valence-electron chi connectivity index (χ3n) is 7.79. The van der Waals surface area contributed by atoms with Gasteiger partial charge in [-0.05, 0) is 40.0 Å². The minimum atomic E-state index is -3.91. The van der Waals surface area contributed by atoms with E-state index in [0.29, 0.717) is 6.42 Å². The van der Waals surface area contributed by atoms with Crippen LogP contribution in [0.1, 0.15) is 136 Å². The standard InChI is InChI=1S/C30H66NO5P2/c1-8-11-12-13-14-15-16-17-18-19-20-21-22-23-24-25-28-31(4,5)29-26-27-30(32,37(6,7)33)38(34,35-9-2)36-10-3/h32H,8-29H2,1-7H3/q+1. The molecule has 0 fully saturated rings. The SMILES string of the molecule is CCCCCCCCCCCCCCCCCC[N+](C)(C)CCCC(O)(P(C)(C)=O)P(=O)(OCC)OCC. The Morgan fingerprint density at radius 1 is 0.605 bits per heavy atom. The maximum atomic E-state index is 13.4. The second-order valence-electron chi connectivity index (χ2n) is 12.2. The molecule has 0 aliphatic heterocycles. The van der Waals surface area contributed by atoms with Crippen LogP contribution in [0.15, 0.2) is 0 Å². The lowest BCUT2D eigenvalue weighted by Crippen LogP contribution is -2.42. The van der Waals surface area contributed by atoms with E-state index < -0.39 is 19.8 Å². The molecule has 8 heteroatoms. The van der Waals surface area contributed by atoms with E-state index in [9.17, 15) is 14.2 Å². The van der Waals surface area contributed by atoms with E-state index in [2.05, 4.69) is 21.0 Å². The van der Waals surface area contributed by atoms with Gasteiger partial charge in [-0.15, -0.1) is 0 Å². The molecule has 0 saturated heterocycles. The summed E-state index contributed by atoms with van der Waals surface area (Å²) in [5.41, 5.74) is 0. The number of nitrogens with zero attached hydrogens (tertiary/aromatic N) is 1. The highest BCUT2D eigenvalue weighted by atomic mass is 31.2. The van der Waals surface area contributed by atoms with Gasteiger partial charge in [-0.25, -0.2) is 0 Å². The number of unbranched alkanes of at least 4 members (excludes halogenated alkanes) is 15. The zero-order valence-corrected chi connectivity index (χ0v) is 28.3. The Bertz CT molecular complexity index is 657. The van der Waals surface area contributed by atoms with Crippen molar-refractivity contribution in [2.24, 2.45) is 0 Å². The first-order valence-corrected chi connectivity index (χ1v) is 20.0. The van der Waals surface area contributed by atoms with Crippen molar-refractivity contribution in [3.8, 4) is 0 Å². The fraction of sp³-hybridized carbons (Fsp3) is 1.00. The summed E-state index contributed by atoms with van der Waals surface area (Å²) in [7, 11) is -2.68. The van der Waals surface area contributed by atoms with Crippen molar-refractivity contribution in [1.82, 2.24) is 0 Å². The van der Waals surface area contributed by atoms with Gasteiger partial charge in [0.25, 0.3) is 0 Å². The molecule has 0 amide bonds. The average Bonchev–Trinajstić information content (AvgIpc) is 2.83. The summed E-state index contributed by atoms with van der Waals surface area (Å²) in [6, 6.07) is 0. The molecule has 0 aromatic rings. The van der Waals surface area contributed by atoms with Gasteiger partial charge >= 0.3 is 7.60 Å². The van der Waals surface area contributed by atoms with E-state index in [1.165, 1.54) is 116 Å². The van der Waals surface area contributed by atoms with Crippen molar-refractivity contribution in [1.29, 1.82) is 0 Å². The van der Waals surface area contributed by atoms with Crippen LogP contribution in [0.2, 0.25) is 0 Å². The molecule has 0 aliphatic rings.